The van der Waals surface area contributed by atoms with Crippen molar-refractivity contribution in [1.82, 2.24) is 9.80 Å². The lowest BCUT2D eigenvalue weighted by Gasteiger charge is -2.23. The van der Waals surface area contributed by atoms with Gasteiger partial charge >= 0.3 is 0 Å². The molecular weight excluding hydrogens is 1300 g/mol. The monoisotopic (exact) mass is 1430 g/mol. The summed E-state index contributed by atoms with van der Waals surface area (Å²) in [7, 11) is 0. The van der Waals surface area contributed by atoms with Gasteiger partial charge in [-0.2, -0.15) is 0 Å². The van der Waals surface area contributed by atoms with Crippen LogP contribution in [0, 0.1) is 18.8 Å². The summed E-state index contributed by atoms with van der Waals surface area (Å²) in [6, 6.07) is 35.0. The Kier molecular flexibility index (Phi) is 38.2. The predicted octanol–water partition coefficient (Wildman–Crippen LogP) is 28.6. The number of aryl methyl sites for hydroxylation is 1. The number of carbonyl (C=O) groups excluding carboxylic acids is 2. The molecule has 0 N–H and O–H groups in total. The number of unbranched alkanes of at least 4 members (excludes halogenated alkanes) is 32. The van der Waals surface area contributed by atoms with Gasteiger partial charge in [0.25, 0.3) is 11.8 Å². The fourth-order valence-corrected chi connectivity index (χ4v) is 19.0. The molecule has 0 spiro atoms. The van der Waals surface area contributed by atoms with Crippen molar-refractivity contribution in [2.24, 2.45) is 11.8 Å². The second-order valence-corrected chi connectivity index (χ2v) is 34.1. The highest BCUT2D eigenvalue weighted by atomic mass is 32.1. The summed E-state index contributed by atoms with van der Waals surface area (Å²) in [6.07, 6.45) is 61.3. The Morgan fingerprint density at radius 2 is 0.660 bits per heavy atom. The van der Waals surface area contributed by atoms with Crippen LogP contribution in [0.5, 0.6) is 11.5 Å². The van der Waals surface area contributed by atoms with Gasteiger partial charge in [-0.05, 0) is 135 Å². The van der Waals surface area contributed by atoms with Crippen LogP contribution in [0.1, 0.15) is 322 Å². The number of benzene rings is 2. The van der Waals surface area contributed by atoms with Crippen LogP contribution < -0.4 is 9.47 Å². The Hall–Kier alpha value is -5.00. The largest absolute Gasteiger partial charge is 0.492 e. The van der Waals surface area contributed by atoms with Gasteiger partial charge in [0.1, 0.15) is 24.7 Å². The van der Waals surface area contributed by atoms with Gasteiger partial charge in [0.05, 0.1) is 34.8 Å². The van der Waals surface area contributed by atoms with Crippen LogP contribution in [0.2, 0.25) is 0 Å². The highest BCUT2D eigenvalue weighted by Crippen LogP contribution is 2.47. The van der Waals surface area contributed by atoms with E-state index in [2.05, 4.69) is 144 Å². The lowest BCUT2D eigenvalue weighted by molar-refractivity contribution is -0.124. The van der Waals surface area contributed by atoms with Crippen LogP contribution in [0.4, 0.5) is 0 Å². The standard InChI is InChI=1S/C90H130N2O4S4/c1-7-11-15-19-23-27-29-33-37-41-45-73(43-39-35-31-25-21-17-13-9-3)69-75-48-52-77(53-49-75)95-67-65-91-72(6)86-87(90(91)94)88(85-64-63-84(100-85)83-62-59-80(99-83)57-56-79-58-61-82(98-79)81-60-47-71(5)97-81)92(89(86)93)66-68-96-78-54-50-76(51-55-78)70-74(44-40-36-32-26-22-18-14-10-4)46-42-38-34-30-28-24-20-16-12-8-2/h47-64,73-74H,7-46,65-70H2,1-6H3/b57-56+. The number of hydrogen-bond acceptors (Lipinski definition) is 8. The fourth-order valence-electron chi connectivity index (χ4n) is 15.1. The van der Waals surface area contributed by atoms with Crippen molar-refractivity contribution in [2.45, 2.75) is 311 Å². The van der Waals surface area contributed by atoms with Gasteiger partial charge in [-0.1, -0.05) is 309 Å². The zero-order chi connectivity index (χ0) is 70.2. The van der Waals surface area contributed by atoms with E-state index < -0.39 is 0 Å². The first-order valence-electron chi connectivity index (χ1n) is 40.7. The van der Waals surface area contributed by atoms with E-state index >= 15 is 9.59 Å². The zero-order valence-electron chi connectivity index (χ0n) is 63.2. The molecule has 2 amide bonds. The maximum Gasteiger partial charge on any atom is 0.261 e. The SMILES string of the molecule is CCCCCCCCCCCCC(CCCCCCCCCC)Cc1ccc(OCCN2C(=O)C3=C(c4ccc(-c5ccc(/C=C/c6ccc(-c7ccc(C)s7)s6)s5)s4)N(CCOc4ccc(CC(CCCCCCCCCC)CCCCCCCCCCCC)cc4)C(=O)C3=C2C)cc1. The minimum absolute atomic E-state index is 0.142. The second-order valence-electron chi connectivity index (χ2n) is 29.5. The number of ether oxygens (including phenoxy) is 2. The highest BCUT2D eigenvalue weighted by molar-refractivity contribution is 7.23. The third-order valence-electron chi connectivity index (χ3n) is 21.1. The third kappa shape index (κ3) is 27.9. The number of fused-ring (bicyclic) bond motifs is 1. The molecule has 10 heteroatoms. The van der Waals surface area contributed by atoms with E-state index in [0.29, 0.717) is 60.7 Å². The highest BCUT2D eigenvalue weighted by Gasteiger charge is 2.47. The molecule has 0 saturated carbocycles. The molecule has 100 heavy (non-hydrogen) atoms. The van der Waals surface area contributed by atoms with E-state index in [0.717, 1.165) is 39.0 Å². The average Bonchev–Trinajstić information content (AvgIpc) is 1.57. The van der Waals surface area contributed by atoms with Crippen molar-refractivity contribution in [1.29, 1.82) is 0 Å². The smallest absolute Gasteiger partial charge is 0.261 e. The van der Waals surface area contributed by atoms with Gasteiger partial charge in [0, 0.05) is 39.8 Å². The van der Waals surface area contributed by atoms with Crippen LogP contribution in [-0.4, -0.2) is 47.9 Å². The lowest BCUT2D eigenvalue weighted by atomic mass is 9.88. The zero-order valence-corrected chi connectivity index (χ0v) is 66.5. The maximum absolute atomic E-state index is 15.0. The number of allylic oxidation sites excluding steroid dienone is 1. The van der Waals surface area contributed by atoms with E-state index in [1.54, 1.807) is 27.6 Å². The Balaban J connectivity index is 0.898. The van der Waals surface area contributed by atoms with Crippen molar-refractivity contribution in [2.75, 3.05) is 26.3 Å². The van der Waals surface area contributed by atoms with E-state index in [-0.39, 0.29) is 11.8 Å². The number of carbonyl (C=O) groups is 2. The van der Waals surface area contributed by atoms with Gasteiger partial charge in [-0.3, -0.25) is 9.59 Å². The first-order chi connectivity index (χ1) is 49.2. The van der Waals surface area contributed by atoms with Crippen molar-refractivity contribution >= 4 is 75.0 Å². The molecule has 0 aliphatic carbocycles. The Bertz CT molecular complexity index is 3320. The van der Waals surface area contributed by atoms with Crippen LogP contribution in [0.25, 0.3) is 37.4 Å². The molecule has 6 aromatic rings. The Morgan fingerprint density at radius 1 is 0.340 bits per heavy atom. The molecule has 0 saturated heterocycles. The first-order valence-corrected chi connectivity index (χ1v) is 44.0. The molecule has 6 heterocycles. The molecule has 0 fully saturated rings. The van der Waals surface area contributed by atoms with Crippen LogP contribution in [0.15, 0.2) is 114 Å². The van der Waals surface area contributed by atoms with Crippen molar-refractivity contribution < 1.29 is 19.1 Å². The summed E-state index contributed by atoms with van der Waals surface area (Å²) in [5.41, 5.74) is 5.13. The first kappa shape index (κ1) is 80.7. The summed E-state index contributed by atoms with van der Waals surface area (Å²) in [5, 5.41) is 0. The number of thiophene rings is 4. The number of nitrogens with zero attached hydrogens (tertiary/aromatic N) is 2. The molecule has 2 aromatic carbocycles. The number of rotatable bonds is 57. The Morgan fingerprint density at radius 3 is 1.04 bits per heavy atom. The summed E-state index contributed by atoms with van der Waals surface area (Å²) in [4.78, 5) is 43.1. The number of hydrogen-bond donors (Lipinski definition) is 0. The summed E-state index contributed by atoms with van der Waals surface area (Å²) in [6.45, 7) is 14.6. The van der Waals surface area contributed by atoms with Crippen LogP contribution in [-0.2, 0) is 22.4 Å². The molecule has 8 rings (SSSR count). The van der Waals surface area contributed by atoms with Gasteiger partial charge in [0.15, 0.2) is 0 Å². The van der Waals surface area contributed by atoms with Gasteiger partial charge in [0.2, 0.25) is 0 Å². The molecule has 2 aliphatic rings. The minimum Gasteiger partial charge on any atom is -0.492 e. The van der Waals surface area contributed by atoms with Crippen LogP contribution >= 0.6 is 45.3 Å². The van der Waals surface area contributed by atoms with Crippen molar-refractivity contribution in [3.8, 4) is 31.0 Å². The molecular formula is C90H130N2O4S4. The molecule has 0 radical (unpaired) electrons. The normalized spacial score (nSPS) is 13.9. The Labute approximate surface area is 624 Å². The van der Waals surface area contributed by atoms with E-state index in [9.17, 15) is 0 Å². The molecule has 548 valence electrons. The summed E-state index contributed by atoms with van der Waals surface area (Å²) in [5.74, 6) is 2.76. The molecule has 0 bridgehead atoms. The number of amides is 2. The molecule has 6 nitrogen and oxygen atoms in total. The molecule has 2 atom stereocenters. The molecule has 2 aliphatic heterocycles. The van der Waals surface area contributed by atoms with Gasteiger partial charge in [-0.15, -0.1) is 45.3 Å². The van der Waals surface area contributed by atoms with E-state index in [4.69, 9.17) is 9.47 Å². The van der Waals surface area contributed by atoms with Crippen molar-refractivity contribution in [3.05, 3.63) is 145 Å². The minimum atomic E-state index is -0.142. The van der Waals surface area contributed by atoms with Crippen molar-refractivity contribution in [3.63, 3.8) is 0 Å². The predicted molar refractivity (Wildman–Crippen MR) is 438 cm³/mol. The van der Waals surface area contributed by atoms with Gasteiger partial charge < -0.3 is 19.3 Å². The van der Waals surface area contributed by atoms with E-state index in [1.807, 2.05) is 34.5 Å². The summed E-state index contributed by atoms with van der Waals surface area (Å²) >= 11 is 7.07. The van der Waals surface area contributed by atoms with Gasteiger partial charge in [-0.25, -0.2) is 0 Å². The average molecular weight is 1430 g/mol. The maximum atomic E-state index is 15.0. The third-order valence-corrected chi connectivity index (χ3v) is 25.7. The second kappa shape index (κ2) is 47.4. The lowest BCUT2D eigenvalue weighted by Crippen LogP contribution is -2.33. The topological polar surface area (TPSA) is 59.1 Å². The van der Waals surface area contributed by atoms with Crippen LogP contribution in [0.3, 0.4) is 0 Å². The molecule has 4 aromatic heterocycles. The fraction of sp³-hybridized carbons (Fsp3) is 0.600. The van der Waals surface area contributed by atoms with E-state index in [1.165, 1.54) is 292 Å². The molecule has 2 unspecified atom stereocenters. The summed E-state index contributed by atoms with van der Waals surface area (Å²) < 4.78 is 13.0. The quantitative estimate of drug-likeness (QED) is 0.0357.